The van der Waals surface area contributed by atoms with Gasteiger partial charge in [-0.05, 0) is 55.3 Å². The molecule has 150 valence electrons. The molecule has 0 radical (unpaired) electrons. The minimum Gasteiger partial charge on any atom is -0.494 e. The van der Waals surface area contributed by atoms with Crippen LogP contribution in [-0.2, 0) is 4.79 Å². The van der Waals surface area contributed by atoms with Crippen LogP contribution in [0.3, 0.4) is 0 Å². The number of nitrogens with zero attached hydrogens (tertiary/aromatic N) is 3. The van der Waals surface area contributed by atoms with Crippen molar-refractivity contribution in [3.8, 4) is 17.1 Å². The largest absolute Gasteiger partial charge is 0.494 e. The number of anilines is 1. The van der Waals surface area contributed by atoms with E-state index >= 15 is 0 Å². The van der Waals surface area contributed by atoms with E-state index in [-0.39, 0.29) is 11.8 Å². The molecule has 0 spiro atoms. The van der Waals surface area contributed by atoms with Gasteiger partial charge in [-0.1, -0.05) is 29.7 Å². The molecule has 29 heavy (non-hydrogen) atoms. The summed E-state index contributed by atoms with van der Waals surface area (Å²) in [5.41, 5.74) is 2.61. The number of amides is 1. The van der Waals surface area contributed by atoms with Crippen molar-refractivity contribution in [2.75, 3.05) is 18.1 Å². The summed E-state index contributed by atoms with van der Waals surface area (Å²) >= 11 is 6.22. The van der Waals surface area contributed by atoms with Gasteiger partial charge in [-0.3, -0.25) is 4.79 Å². The minimum atomic E-state index is -0.143. The van der Waals surface area contributed by atoms with E-state index in [1.807, 2.05) is 49.4 Å². The standard InChI is InChI=1S/C22H22ClN3O3/c1-3-10-28-18-8-5-15(6-9-18)21-24-22(29-25-21)16-11-20(27)26(13-16)17-7-4-14(2)19(23)12-17/h4-9,12,16H,3,10-11,13H2,1-2H3. The van der Waals surface area contributed by atoms with Crippen LogP contribution in [-0.4, -0.2) is 29.2 Å². The molecular formula is C22H22ClN3O3. The van der Waals surface area contributed by atoms with Crippen molar-refractivity contribution < 1.29 is 14.1 Å². The Morgan fingerprint density at radius 2 is 2.03 bits per heavy atom. The Morgan fingerprint density at radius 1 is 1.24 bits per heavy atom. The van der Waals surface area contributed by atoms with Gasteiger partial charge >= 0.3 is 0 Å². The molecule has 2 aromatic carbocycles. The van der Waals surface area contributed by atoms with Crippen molar-refractivity contribution in [3.05, 3.63) is 58.9 Å². The molecule has 4 rings (SSSR count). The maximum atomic E-state index is 12.5. The molecule has 0 bridgehead atoms. The Balaban J connectivity index is 1.48. The summed E-state index contributed by atoms with van der Waals surface area (Å²) in [6, 6.07) is 13.2. The van der Waals surface area contributed by atoms with E-state index in [0.717, 1.165) is 29.0 Å². The average molecular weight is 412 g/mol. The van der Waals surface area contributed by atoms with Gasteiger partial charge in [-0.15, -0.1) is 0 Å². The second-order valence-corrected chi connectivity index (χ2v) is 7.58. The first-order valence-corrected chi connectivity index (χ1v) is 10.1. The van der Waals surface area contributed by atoms with Gasteiger partial charge in [-0.25, -0.2) is 0 Å². The first-order chi connectivity index (χ1) is 14.0. The van der Waals surface area contributed by atoms with E-state index in [9.17, 15) is 4.79 Å². The van der Waals surface area contributed by atoms with Gasteiger partial charge in [0, 0.05) is 29.2 Å². The highest BCUT2D eigenvalue weighted by Gasteiger charge is 2.35. The van der Waals surface area contributed by atoms with Crippen molar-refractivity contribution in [1.82, 2.24) is 10.1 Å². The van der Waals surface area contributed by atoms with Crippen LogP contribution in [0.4, 0.5) is 5.69 Å². The van der Waals surface area contributed by atoms with Crippen LogP contribution in [0.25, 0.3) is 11.4 Å². The molecule has 1 amide bonds. The summed E-state index contributed by atoms with van der Waals surface area (Å²) in [5.74, 6) is 1.67. The van der Waals surface area contributed by atoms with Crippen molar-refractivity contribution >= 4 is 23.2 Å². The average Bonchev–Trinajstić information content (AvgIpc) is 3.36. The highest BCUT2D eigenvalue weighted by atomic mass is 35.5. The zero-order valence-corrected chi connectivity index (χ0v) is 17.1. The minimum absolute atomic E-state index is 0.0205. The molecule has 1 fully saturated rings. The maximum Gasteiger partial charge on any atom is 0.232 e. The lowest BCUT2D eigenvalue weighted by Crippen LogP contribution is -2.24. The fourth-order valence-corrected chi connectivity index (χ4v) is 3.49. The summed E-state index contributed by atoms with van der Waals surface area (Å²) in [6.45, 7) is 5.18. The van der Waals surface area contributed by atoms with Crippen molar-refractivity contribution in [2.24, 2.45) is 0 Å². The number of aryl methyl sites for hydroxylation is 1. The van der Waals surface area contributed by atoms with Gasteiger partial charge in [0.2, 0.25) is 17.6 Å². The van der Waals surface area contributed by atoms with Crippen LogP contribution in [0, 0.1) is 6.92 Å². The molecule has 2 heterocycles. The molecule has 1 atom stereocenters. The molecule has 0 saturated carbocycles. The number of carbonyl (C=O) groups is 1. The predicted octanol–water partition coefficient (Wildman–Crippen LogP) is 5.01. The second-order valence-electron chi connectivity index (χ2n) is 7.17. The SMILES string of the molecule is CCCOc1ccc(-c2noc(C3CC(=O)N(c4ccc(C)c(Cl)c4)C3)n2)cc1. The van der Waals surface area contributed by atoms with Gasteiger partial charge in [0.1, 0.15) is 5.75 Å². The summed E-state index contributed by atoms with van der Waals surface area (Å²) in [4.78, 5) is 18.8. The Bertz CT molecular complexity index is 1020. The molecule has 1 unspecified atom stereocenters. The van der Waals surface area contributed by atoms with Crippen LogP contribution < -0.4 is 9.64 Å². The molecule has 1 aromatic heterocycles. The van der Waals surface area contributed by atoms with E-state index in [4.69, 9.17) is 20.9 Å². The van der Waals surface area contributed by atoms with Crippen LogP contribution in [0.15, 0.2) is 47.0 Å². The van der Waals surface area contributed by atoms with E-state index in [0.29, 0.717) is 36.3 Å². The summed E-state index contributed by atoms with van der Waals surface area (Å²) in [7, 11) is 0. The van der Waals surface area contributed by atoms with E-state index < -0.39 is 0 Å². The van der Waals surface area contributed by atoms with E-state index in [2.05, 4.69) is 17.1 Å². The van der Waals surface area contributed by atoms with Gasteiger partial charge in [0.05, 0.1) is 12.5 Å². The predicted molar refractivity (Wildman–Crippen MR) is 111 cm³/mol. The van der Waals surface area contributed by atoms with Crippen molar-refractivity contribution in [3.63, 3.8) is 0 Å². The third kappa shape index (κ3) is 4.12. The molecule has 3 aromatic rings. The molecule has 1 aliphatic rings. The summed E-state index contributed by atoms with van der Waals surface area (Å²) < 4.78 is 11.1. The zero-order chi connectivity index (χ0) is 20.4. The normalized spacial score (nSPS) is 16.4. The monoisotopic (exact) mass is 411 g/mol. The zero-order valence-electron chi connectivity index (χ0n) is 16.4. The number of aromatic nitrogens is 2. The second kappa shape index (κ2) is 8.25. The highest BCUT2D eigenvalue weighted by molar-refractivity contribution is 6.31. The third-order valence-electron chi connectivity index (χ3n) is 4.97. The number of benzene rings is 2. The van der Waals surface area contributed by atoms with E-state index in [1.165, 1.54) is 0 Å². The lowest BCUT2D eigenvalue weighted by Gasteiger charge is -2.17. The molecule has 1 saturated heterocycles. The van der Waals surface area contributed by atoms with Gasteiger partial charge in [0.15, 0.2) is 0 Å². The molecule has 1 aliphatic heterocycles. The number of ether oxygens (including phenoxy) is 1. The Kier molecular flexibility index (Phi) is 5.53. The van der Waals surface area contributed by atoms with E-state index in [1.54, 1.807) is 4.90 Å². The molecule has 0 N–H and O–H groups in total. The lowest BCUT2D eigenvalue weighted by molar-refractivity contribution is -0.117. The first-order valence-electron chi connectivity index (χ1n) is 9.68. The number of rotatable bonds is 6. The Morgan fingerprint density at radius 3 is 2.76 bits per heavy atom. The van der Waals surface area contributed by atoms with Gasteiger partial charge < -0.3 is 14.2 Å². The first kappa shape index (κ1) is 19.5. The number of hydrogen-bond donors (Lipinski definition) is 0. The highest BCUT2D eigenvalue weighted by Crippen LogP contribution is 2.33. The number of hydrogen-bond acceptors (Lipinski definition) is 5. The van der Waals surface area contributed by atoms with Crippen molar-refractivity contribution in [2.45, 2.75) is 32.6 Å². The van der Waals surface area contributed by atoms with Crippen LogP contribution in [0.2, 0.25) is 5.02 Å². The number of halogens is 1. The summed E-state index contributed by atoms with van der Waals surface area (Å²) in [5, 5.41) is 4.74. The molecule has 7 heteroatoms. The lowest BCUT2D eigenvalue weighted by atomic mass is 10.1. The maximum absolute atomic E-state index is 12.5. The molecule has 0 aliphatic carbocycles. The fourth-order valence-electron chi connectivity index (χ4n) is 3.31. The fraction of sp³-hybridized carbons (Fsp3) is 0.318. The topological polar surface area (TPSA) is 68.5 Å². The third-order valence-corrected chi connectivity index (χ3v) is 5.38. The molecule has 6 nitrogen and oxygen atoms in total. The van der Waals surface area contributed by atoms with Crippen LogP contribution in [0.5, 0.6) is 5.75 Å². The van der Waals surface area contributed by atoms with Crippen molar-refractivity contribution in [1.29, 1.82) is 0 Å². The molecular weight excluding hydrogens is 390 g/mol. The Hall–Kier alpha value is -2.86. The van der Waals surface area contributed by atoms with Gasteiger partial charge in [-0.2, -0.15) is 4.98 Å². The Labute approximate surface area is 174 Å². The van der Waals surface area contributed by atoms with Crippen LogP contribution in [0.1, 0.15) is 37.1 Å². The van der Waals surface area contributed by atoms with Crippen LogP contribution >= 0.6 is 11.6 Å². The quantitative estimate of drug-likeness (QED) is 0.570. The summed E-state index contributed by atoms with van der Waals surface area (Å²) in [6.07, 6.45) is 1.29. The smallest absolute Gasteiger partial charge is 0.232 e. The number of carbonyl (C=O) groups excluding carboxylic acids is 1. The van der Waals surface area contributed by atoms with Gasteiger partial charge in [0.25, 0.3) is 0 Å².